The summed E-state index contributed by atoms with van der Waals surface area (Å²) in [7, 11) is 0.556. The first kappa shape index (κ1) is 17.0. The van der Waals surface area contributed by atoms with E-state index in [4.69, 9.17) is 9.39 Å². The van der Waals surface area contributed by atoms with Gasteiger partial charge in [-0.1, -0.05) is 36.4 Å². The van der Waals surface area contributed by atoms with Crippen molar-refractivity contribution in [2.24, 2.45) is 0 Å². The molecule has 0 bridgehead atoms. The van der Waals surface area contributed by atoms with E-state index in [1.807, 2.05) is 0 Å². The van der Waals surface area contributed by atoms with E-state index in [0.717, 1.165) is 0 Å². The largest absolute Gasteiger partial charge is 0.432 e. The van der Waals surface area contributed by atoms with Crippen molar-refractivity contribution in [1.29, 1.82) is 0 Å². The monoisotopic (exact) mass is 298 g/mol. The molecule has 0 saturated carbocycles. The summed E-state index contributed by atoms with van der Waals surface area (Å²) in [5.74, 6) is 0. The summed E-state index contributed by atoms with van der Waals surface area (Å²) in [6.45, 7) is 12.4. The molecule has 0 N–H and O–H groups in total. The highest BCUT2D eigenvalue weighted by molar-refractivity contribution is 6.31. The second kappa shape index (κ2) is 6.06. The van der Waals surface area contributed by atoms with Gasteiger partial charge in [0.2, 0.25) is 0 Å². The Balaban J connectivity index is 2.12. The molecule has 2 rings (SSSR count). The topological polar surface area (TPSA) is 18.5 Å². The van der Waals surface area contributed by atoms with Crippen LogP contribution in [0.5, 0.6) is 0 Å². The van der Waals surface area contributed by atoms with Gasteiger partial charge < -0.3 is 9.39 Å². The van der Waals surface area contributed by atoms with Crippen LogP contribution in [0.1, 0.15) is 52.7 Å². The Hall–Kier alpha value is -1.32. The van der Waals surface area contributed by atoms with Gasteiger partial charge in [0, 0.05) is 5.60 Å². The van der Waals surface area contributed by atoms with Crippen molar-refractivity contribution in [2.75, 3.05) is 0 Å². The molecule has 0 fully saturated rings. The van der Waals surface area contributed by atoms with Crippen molar-refractivity contribution < 1.29 is 9.39 Å². The van der Waals surface area contributed by atoms with Crippen molar-refractivity contribution in [2.45, 2.75) is 58.2 Å². The third-order valence-electron chi connectivity index (χ3n) is 3.53. The Morgan fingerprint density at radius 2 is 1.41 bits per heavy atom. The van der Waals surface area contributed by atoms with E-state index >= 15 is 0 Å². The normalized spacial score (nSPS) is 17.0. The number of ether oxygens (including phenoxy) is 1. The van der Waals surface area contributed by atoms with Crippen molar-refractivity contribution in [3.05, 3.63) is 47.5 Å². The Morgan fingerprint density at radius 1 is 0.909 bits per heavy atom. The molecular weight excluding hydrogens is 271 g/mol. The fourth-order valence-electron chi connectivity index (χ4n) is 2.46. The zero-order valence-corrected chi connectivity index (χ0v) is 14.6. The third-order valence-corrected chi connectivity index (χ3v) is 3.53. The summed E-state index contributed by atoms with van der Waals surface area (Å²) in [6, 6.07) is 8.36. The summed E-state index contributed by atoms with van der Waals surface area (Å²) in [6.07, 6.45) is 8.51. The van der Waals surface area contributed by atoms with Crippen molar-refractivity contribution >= 4 is 19.6 Å². The van der Waals surface area contributed by atoms with Crippen LogP contribution in [0.25, 0.3) is 12.2 Å². The molecule has 0 atom stereocenters. The number of hydrogen-bond donors (Lipinski definition) is 0. The van der Waals surface area contributed by atoms with E-state index in [9.17, 15) is 0 Å². The quantitative estimate of drug-likeness (QED) is 0.767. The molecule has 1 aliphatic carbocycles. The average Bonchev–Trinajstić information content (AvgIpc) is 2.56. The SMILES string of the molecule is CC(C)(C)OBC(C)(C)OC1(C)C=Cc2ccccc2C=C1. The maximum Gasteiger partial charge on any atom is 0.307 e. The van der Waals surface area contributed by atoms with Gasteiger partial charge >= 0.3 is 7.48 Å². The van der Waals surface area contributed by atoms with Crippen LogP contribution >= 0.6 is 0 Å². The van der Waals surface area contributed by atoms with E-state index in [-0.39, 0.29) is 11.1 Å². The molecule has 0 unspecified atom stereocenters. The predicted molar refractivity (Wildman–Crippen MR) is 96.1 cm³/mol. The number of benzene rings is 1. The van der Waals surface area contributed by atoms with Crippen molar-refractivity contribution in [3.8, 4) is 0 Å². The fraction of sp³-hybridized carbons (Fsp3) is 0.474. The maximum absolute atomic E-state index is 6.37. The summed E-state index contributed by atoms with van der Waals surface area (Å²) in [4.78, 5) is 0. The lowest BCUT2D eigenvalue weighted by Crippen LogP contribution is -2.44. The lowest BCUT2D eigenvalue weighted by atomic mass is 9.76. The second-order valence-electron chi connectivity index (χ2n) is 7.74. The van der Waals surface area contributed by atoms with Crippen LogP contribution in [0.3, 0.4) is 0 Å². The smallest absolute Gasteiger partial charge is 0.307 e. The van der Waals surface area contributed by atoms with Gasteiger partial charge in [0.05, 0.1) is 5.50 Å². The zero-order chi connectivity index (χ0) is 16.4. The minimum Gasteiger partial charge on any atom is -0.432 e. The molecule has 1 aromatic carbocycles. The molecule has 118 valence electrons. The molecule has 0 heterocycles. The molecule has 0 saturated heterocycles. The van der Waals surface area contributed by atoms with E-state index in [1.165, 1.54) is 11.1 Å². The molecule has 2 nitrogen and oxygen atoms in total. The van der Waals surface area contributed by atoms with Crippen LogP contribution < -0.4 is 0 Å². The van der Waals surface area contributed by atoms with E-state index in [1.54, 1.807) is 0 Å². The first-order chi connectivity index (χ1) is 10.1. The van der Waals surface area contributed by atoms with Crippen LogP contribution in [0.15, 0.2) is 36.4 Å². The molecule has 1 aromatic rings. The van der Waals surface area contributed by atoms with Crippen LogP contribution in [-0.2, 0) is 9.39 Å². The first-order valence-electron chi connectivity index (χ1n) is 7.90. The summed E-state index contributed by atoms with van der Waals surface area (Å²) in [5.41, 5.74) is 1.47. The molecule has 3 heteroatoms. The molecule has 0 aliphatic heterocycles. The number of rotatable bonds is 4. The van der Waals surface area contributed by atoms with Gasteiger partial charge in [0.15, 0.2) is 0 Å². The van der Waals surface area contributed by atoms with Gasteiger partial charge in [0.1, 0.15) is 5.60 Å². The summed E-state index contributed by atoms with van der Waals surface area (Å²) in [5, 5.41) is 0. The molecule has 0 spiro atoms. The average molecular weight is 298 g/mol. The van der Waals surface area contributed by atoms with Crippen LogP contribution in [0, 0.1) is 0 Å². The first-order valence-corrected chi connectivity index (χ1v) is 7.90. The van der Waals surface area contributed by atoms with Crippen LogP contribution in [-0.4, -0.2) is 24.2 Å². The van der Waals surface area contributed by atoms with Gasteiger partial charge in [-0.05, 0) is 64.8 Å². The summed E-state index contributed by atoms with van der Waals surface area (Å²) < 4.78 is 12.3. The van der Waals surface area contributed by atoms with Crippen LogP contribution in [0.4, 0.5) is 0 Å². The van der Waals surface area contributed by atoms with Gasteiger partial charge in [-0.15, -0.1) is 0 Å². The van der Waals surface area contributed by atoms with Gasteiger partial charge in [-0.3, -0.25) is 0 Å². The van der Waals surface area contributed by atoms with E-state index in [0.29, 0.717) is 7.48 Å². The fourth-order valence-corrected chi connectivity index (χ4v) is 2.46. The minimum atomic E-state index is -0.441. The lowest BCUT2D eigenvalue weighted by Gasteiger charge is -2.35. The highest BCUT2D eigenvalue weighted by atomic mass is 16.5. The lowest BCUT2D eigenvalue weighted by molar-refractivity contribution is -0.0456. The number of hydrogen-bond acceptors (Lipinski definition) is 2. The Labute approximate surface area is 135 Å². The van der Waals surface area contributed by atoms with Gasteiger partial charge in [-0.2, -0.15) is 0 Å². The summed E-state index contributed by atoms with van der Waals surface area (Å²) >= 11 is 0. The highest BCUT2D eigenvalue weighted by Gasteiger charge is 2.32. The Kier molecular flexibility index (Phi) is 4.69. The predicted octanol–water partition coefficient (Wildman–Crippen LogP) is 4.40. The van der Waals surface area contributed by atoms with E-state index in [2.05, 4.69) is 90.1 Å². The minimum absolute atomic E-state index is 0.160. The van der Waals surface area contributed by atoms with Gasteiger partial charge in [-0.25, -0.2) is 0 Å². The Bertz CT molecular complexity index is 546. The molecule has 0 aromatic heterocycles. The molecule has 22 heavy (non-hydrogen) atoms. The third kappa shape index (κ3) is 4.86. The molecule has 1 aliphatic rings. The molecular formula is C19H27BO2. The molecule has 0 radical (unpaired) electrons. The van der Waals surface area contributed by atoms with E-state index < -0.39 is 5.60 Å². The van der Waals surface area contributed by atoms with Crippen molar-refractivity contribution in [3.63, 3.8) is 0 Å². The Morgan fingerprint density at radius 3 is 1.86 bits per heavy atom. The van der Waals surface area contributed by atoms with Gasteiger partial charge in [0.25, 0.3) is 0 Å². The van der Waals surface area contributed by atoms with Crippen molar-refractivity contribution in [1.82, 2.24) is 0 Å². The number of fused-ring (bicyclic) bond motifs is 1. The molecule has 0 amide bonds. The highest BCUT2D eigenvalue weighted by Crippen LogP contribution is 2.29. The zero-order valence-electron chi connectivity index (χ0n) is 14.6. The second-order valence-corrected chi connectivity index (χ2v) is 7.74. The standard InChI is InChI=1S/C19H27BO2/c1-17(2,3)22-20-18(4,5)21-19(6)13-11-15-9-7-8-10-16(15)12-14-19/h7-14,20H,1-6H3. The maximum atomic E-state index is 6.37. The van der Waals surface area contributed by atoms with Crippen LogP contribution in [0.2, 0.25) is 0 Å².